The third kappa shape index (κ3) is 6.78. The van der Waals surface area contributed by atoms with Gasteiger partial charge in [0.2, 0.25) is 11.8 Å². The number of hydrogen-bond acceptors (Lipinski definition) is 3. The Morgan fingerprint density at radius 2 is 1.74 bits per heavy atom. The first-order chi connectivity index (χ1) is 8.29. The third-order valence-corrected chi connectivity index (χ3v) is 2.95. The summed E-state index contributed by atoms with van der Waals surface area (Å²) in [4.78, 5) is 27.3. The lowest BCUT2D eigenvalue weighted by Gasteiger charge is -2.30. The summed E-state index contributed by atoms with van der Waals surface area (Å²) in [6, 6.07) is 0. The van der Waals surface area contributed by atoms with Gasteiger partial charge in [-0.25, -0.2) is 0 Å². The molecule has 0 radical (unpaired) electrons. The molecule has 6 heteroatoms. The van der Waals surface area contributed by atoms with Crippen molar-refractivity contribution in [2.75, 3.05) is 39.8 Å². The van der Waals surface area contributed by atoms with Gasteiger partial charge >= 0.3 is 0 Å². The molecular formula is C13H26ClN3O2. The lowest BCUT2D eigenvalue weighted by molar-refractivity contribution is -0.140. The highest BCUT2D eigenvalue weighted by Gasteiger charge is 2.23. The Bertz CT molecular complexity index is 310. The zero-order valence-electron chi connectivity index (χ0n) is 12.4. The fourth-order valence-corrected chi connectivity index (χ4v) is 1.89. The van der Waals surface area contributed by atoms with E-state index in [1.807, 2.05) is 25.7 Å². The summed E-state index contributed by atoms with van der Waals surface area (Å²) in [5.74, 6) is 0.0762. The van der Waals surface area contributed by atoms with Gasteiger partial charge in [-0.15, -0.1) is 12.4 Å². The predicted molar refractivity (Wildman–Crippen MR) is 78.4 cm³/mol. The largest absolute Gasteiger partial charge is 0.339 e. The molecule has 5 nitrogen and oxygen atoms in total. The zero-order chi connectivity index (χ0) is 13.8. The van der Waals surface area contributed by atoms with Crippen LogP contribution in [0.2, 0.25) is 0 Å². The molecule has 1 aliphatic rings. The van der Waals surface area contributed by atoms with Crippen LogP contribution >= 0.6 is 12.4 Å². The standard InChI is InChI=1S/C13H25N3O2.ClH/c1-13(2,3)9-11(17)15(4)10-12(18)16-7-5-14-6-8-16;/h14H,5-10H2,1-4H3;1H. The molecule has 0 aromatic rings. The SMILES string of the molecule is CN(CC(=O)N1CCNCC1)C(=O)CC(C)(C)C.Cl. The van der Waals surface area contributed by atoms with Gasteiger partial charge in [0.1, 0.15) is 0 Å². The van der Waals surface area contributed by atoms with Crippen LogP contribution in [0.4, 0.5) is 0 Å². The van der Waals surface area contributed by atoms with E-state index in [9.17, 15) is 9.59 Å². The Labute approximate surface area is 122 Å². The molecule has 0 atom stereocenters. The normalized spacial score (nSPS) is 15.7. The number of piperazine rings is 1. The monoisotopic (exact) mass is 291 g/mol. The van der Waals surface area contributed by atoms with Crippen LogP contribution in [-0.4, -0.2) is 61.4 Å². The van der Waals surface area contributed by atoms with Gasteiger partial charge in [-0.2, -0.15) is 0 Å². The third-order valence-electron chi connectivity index (χ3n) is 2.95. The van der Waals surface area contributed by atoms with Crippen molar-refractivity contribution in [2.24, 2.45) is 5.41 Å². The molecule has 112 valence electrons. The lowest BCUT2D eigenvalue weighted by atomic mass is 9.92. The number of carbonyl (C=O) groups excluding carboxylic acids is 2. The highest BCUT2D eigenvalue weighted by Crippen LogP contribution is 2.19. The molecule has 0 saturated carbocycles. The van der Waals surface area contributed by atoms with Gasteiger partial charge in [-0.1, -0.05) is 20.8 Å². The minimum absolute atomic E-state index is 0. The first-order valence-corrected chi connectivity index (χ1v) is 6.52. The van der Waals surface area contributed by atoms with Crippen molar-refractivity contribution in [3.05, 3.63) is 0 Å². The summed E-state index contributed by atoms with van der Waals surface area (Å²) in [7, 11) is 1.70. The van der Waals surface area contributed by atoms with Crippen LogP contribution < -0.4 is 5.32 Å². The van der Waals surface area contributed by atoms with E-state index < -0.39 is 0 Å². The Balaban J connectivity index is 0.00000324. The molecule has 1 N–H and O–H groups in total. The van der Waals surface area contributed by atoms with Crippen LogP contribution in [0.3, 0.4) is 0 Å². The fourth-order valence-electron chi connectivity index (χ4n) is 1.89. The average molecular weight is 292 g/mol. The molecule has 0 aliphatic carbocycles. The van der Waals surface area contributed by atoms with Gasteiger partial charge in [0.15, 0.2) is 0 Å². The number of hydrogen-bond donors (Lipinski definition) is 1. The van der Waals surface area contributed by atoms with Crippen molar-refractivity contribution in [3.63, 3.8) is 0 Å². The van der Waals surface area contributed by atoms with E-state index in [0.717, 1.165) is 26.2 Å². The van der Waals surface area contributed by atoms with E-state index in [1.54, 1.807) is 7.05 Å². The fraction of sp³-hybridized carbons (Fsp3) is 0.846. The molecule has 1 heterocycles. The molecule has 0 spiro atoms. The Kier molecular flexibility index (Phi) is 7.37. The highest BCUT2D eigenvalue weighted by molar-refractivity contribution is 5.85. The van der Waals surface area contributed by atoms with Gasteiger partial charge in [-0.05, 0) is 5.41 Å². The van der Waals surface area contributed by atoms with Crippen LogP contribution in [0.1, 0.15) is 27.2 Å². The van der Waals surface area contributed by atoms with Crippen molar-refractivity contribution >= 4 is 24.2 Å². The van der Waals surface area contributed by atoms with Gasteiger partial charge in [0.25, 0.3) is 0 Å². The number of rotatable bonds is 3. The summed E-state index contributed by atoms with van der Waals surface area (Å²) in [6.07, 6.45) is 0.471. The number of carbonyl (C=O) groups is 2. The van der Waals surface area contributed by atoms with E-state index in [0.29, 0.717) is 6.42 Å². The first-order valence-electron chi connectivity index (χ1n) is 6.52. The number of nitrogens with one attached hydrogen (secondary N) is 1. The van der Waals surface area contributed by atoms with E-state index in [-0.39, 0.29) is 36.2 Å². The molecule has 0 bridgehead atoms. The number of nitrogens with zero attached hydrogens (tertiary/aromatic N) is 2. The minimum atomic E-state index is -0.0383. The molecule has 0 aromatic carbocycles. The average Bonchev–Trinajstić information content (AvgIpc) is 2.27. The molecular weight excluding hydrogens is 266 g/mol. The Morgan fingerprint density at radius 1 is 1.21 bits per heavy atom. The van der Waals surface area contributed by atoms with Crippen molar-refractivity contribution in [3.8, 4) is 0 Å². The van der Waals surface area contributed by atoms with Gasteiger partial charge in [0.05, 0.1) is 6.54 Å². The van der Waals surface area contributed by atoms with Crippen LogP contribution in [0.25, 0.3) is 0 Å². The first kappa shape index (κ1) is 18.2. The second-order valence-electron chi connectivity index (χ2n) is 6.12. The van der Waals surface area contributed by atoms with Gasteiger partial charge in [0, 0.05) is 39.6 Å². The van der Waals surface area contributed by atoms with Crippen LogP contribution in [-0.2, 0) is 9.59 Å². The topological polar surface area (TPSA) is 52.7 Å². The molecule has 1 rings (SSSR count). The molecule has 19 heavy (non-hydrogen) atoms. The minimum Gasteiger partial charge on any atom is -0.339 e. The Hall–Kier alpha value is -0.810. The molecule has 0 unspecified atom stereocenters. The lowest BCUT2D eigenvalue weighted by Crippen LogP contribution is -2.50. The summed E-state index contributed by atoms with van der Waals surface area (Å²) >= 11 is 0. The van der Waals surface area contributed by atoms with Crippen LogP contribution in [0.5, 0.6) is 0 Å². The molecule has 1 saturated heterocycles. The maximum atomic E-state index is 12.0. The van der Waals surface area contributed by atoms with Crippen molar-refractivity contribution in [2.45, 2.75) is 27.2 Å². The summed E-state index contributed by atoms with van der Waals surface area (Å²) in [6.45, 7) is 9.41. The van der Waals surface area contributed by atoms with Gasteiger partial charge < -0.3 is 15.1 Å². The molecule has 2 amide bonds. The summed E-state index contributed by atoms with van der Waals surface area (Å²) < 4.78 is 0. The molecule has 0 aromatic heterocycles. The van der Waals surface area contributed by atoms with E-state index in [4.69, 9.17) is 0 Å². The van der Waals surface area contributed by atoms with E-state index in [1.165, 1.54) is 4.90 Å². The number of likely N-dealkylation sites (N-methyl/N-ethyl adjacent to an activating group) is 1. The Morgan fingerprint density at radius 3 is 2.21 bits per heavy atom. The number of amides is 2. The zero-order valence-corrected chi connectivity index (χ0v) is 13.2. The highest BCUT2D eigenvalue weighted by atomic mass is 35.5. The molecule has 1 aliphatic heterocycles. The predicted octanol–water partition coefficient (Wildman–Crippen LogP) is 0.735. The molecule has 1 fully saturated rings. The van der Waals surface area contributed by atoms with Crippen molar-refractivity contribution in [1.29, 1.82) is 0 Å². The van der Waals surface area contributed by atoms with Crippen LogP contribution in [0.15, 0.2) is 0 Å². The van der Waals surface area contributed by atoms with Crippen molar-refractivity contribution in [1.82, 2.24) is 15.1 Å². The van der Waals surface area contributed by atoms with Gasteiger partial charge in [-0.3, -0.25) is 9.59 Å². The quantitative estimate of drug-likeness (QED) is 0.834. The maximum Gasteiger partial charge on any atom is 0.242 e. The second kappa shape index (κ2) is 7.70. The number of halogens is 1. The smallest absolute Gasteiger partial charge is 0.242 e. The van der Waals surface area contributed by atoms with E-state index in [2.05, 4.69) is 5.32 Å². The van der Waals surface area contributed by atoms with E-state index >= 15 is 0 Å². The van der Waals surface area contributed by atoms with Crippen molar-refractivity contribution < 1.29 is 9.59 Å². The second-order valence-corrected chi connectivity index (χ2v) is 6.12. The summed E-state index contributed by atoms with van der Waals surface area (Å²) in [5, 5.41) is 3.20. The summed E-state index contributed by atoms with van der Waals surface area (Å²) in [5.41, 5.74) is -0.0383. The maximum absolute atomic E-state index is 12.0. The van der Waals surface area contributed by atoms with Crippen LogP contribution in [0, 0.1) is 5.41 Å².